The molecule has 0 saturated heterocycles. The van der Waals surface area contributed by atoms with Crippen molar-refractivity contribution in [2.24, 2.45) is 11.1 Å². The number of carbonyl (C=O) groups excluding carboxylic acids is 2. The fourth-order valence-corrected chi connectivity index (χ4v) is 4.22. The van der Waals surface area contributed by atoms with Crippen LogP contribution in [0.4, 0.5) is 0 Å². The maximum Gasteiger partial charge on any atom is 0.235 e. The molecule has 162 valence electrons. The Morgan fingerprint density at radius 2 is 1.91 bits per heavy atom. The molecule has 3 N–H and O–H groups in total. The van der Waals surface area contributed by atoms with Crippen molar-refractivity contribution < 1.29 is 14.1 Å². The number of aromatic nitrogens is 3. The third-order valence-electron chi connectivity index (χ3n) is 5.86. The van der Waals surface area contributed by atoms with Crippen molar-refractivity contribution in [2.75, 3.05) is 0 Å². The second-order valence-electron chi connectivity index (χ2n) is 7.95. The molecule has 1 aliphatic rings. The molecule has 1 saturated carbocycles. The van der Waals surface area contributed by atoms with Gasteiger partial charge in [-0.2, -0.15) is 4.98 Å². The van der Waals surface area contributed by atoms with E-state index in [2.05, 4.69) is 15.5 Å². The minimum absolute atomic E-state index is 0.304. The minimum Gasteiger partial charge on any atom is -0.369 e. The molecule has 0 aliphatic heterocycles. The molecule has 2 aromatic heterocycles. The topological polar surface area (TPSA) is 116 Å². The summed E-state index contributed by atoms with van der Waals surface area (Å²) in [6.07, 6.45) is 1.01. The number of para-hydroxylation sites is 1. The van der Waals surface area contributed by atoms with Crippen molar-refractivity contribution in [1.29, 1.82) is 0 Å². The van der Waals surface area contributed by atoms with E-state index in [9.17, 15) is 9.59 Å². The highest BCUT2D eigenvalue weighted by atomic mass is 35.5. The van der Waals surface area contributed by atoms with Crippen molar-refractivity contribution in [3.05, 3.63) is 65.0 Å². The first kappa shape index (κ1) is 20.3. The molecular formula is C23H20ClN5O3. The zero-order valence-electron chi connectivity index (χ0n) is 17.3. The van der Waals surface area contributed by atoms with E-state index < -0.39 is 11.3 Å². The third kappa shape index (κ3) is 3.23. The lowest BCUT2D eigenvalue weighted by Gasteiger charge is -2.13. The van der Waals surface area contributed by atoms with E-state index in [0.717, 1.165) is 22.2 Å². The molecule has 5 rings (SSSR count). The lowest BCUT2D eigenvalue weighted by Crippen LogP contribution is -2.40. The normalized spacial score (nSPS) is 14.4. The van der Waals surface area contributed by atoms with Gasteiger partial charge in [-0.05, 0) is 36.6 Å². The van der Waals surface area contributed by atoms with Crippen LogP contribution in [0.5, 0.6) is 0 Å². The Kier molecular flexibility index (Phi) is 4.74. The van der Waals surface area contributed by atoms with Gasteiger partial charge in [0.1, 0.15) is 11.1 Å². The van der Waals surface area contributed by atoms with Crippen LogP contribution in [0.2, 0.25) is 5.02 Å². The van der Waals surface area contributed by atoms with Gasteiger partial charge in [-0.25, -0.2) is 0 Å². The number of nitrogens with one attached hydrogen (secondary N) is 1. The summed E-state index contributed by atoms with van der Waals surface area (Å²) in [7, 11) is 0. The highest BCUT2D eigenvalue weighted by Gasteiger charge is 2.55. The van der Waals surface area contributed by atoms with E-state index in [1.54, 1.807) is 6.92 Å². The Balaban J connectivity index is 1.47. The number of nitrogens with two attached hydrogens (primary N) is 1. The smallest absolute Gasteiger partial charge is 0.235 e. The highest BCUT2D eigenvalue weighted by Crippen LogP contribution is 2.45. The first-order chi connectivity index (χ1) is 15.4. The standard InChI is InChI=1S/C23H20ClN5O3/c1-13-27-20(28-32-13)19-18(24)16-4-2-3-5-17(16)29(19)15-8-6-14(7-9-15)12-26-22(31)23(10-11-23)21(25)30/h2-9H,10-12H2,1H3,(H2,25,30)(H,26,31). The van der Waals surface area contributed by atoms with Gasteiger partial charge in [-0.15, -0.1) is 0 Å². The lowest BCUT2D eigenvalue weighted by molar-refractivity contribution is -0.135. The zero-order chi connectivity index (χ0) is 22.5. The van der Waals surface area contributed by atoms with E-state index in [4.69, 9.17) is 21.9 Å². The van der Waals surface area contributed by atoms with Crippen molar-refractivity contribution >= 4 is 34.3 Å². The molecule has 0 atom stereocenters. The Labute approximate surface area is 188 Å². The summed E-state index contributed by atoms with van der Waals surface area (Å²) >= 11 is 6.72. The van der Waals surface area contributed by atoms with Crippen molar-refractivity contribution in [3.63, 3.8) is 0 Å². The van der Waals surface area contributed by atoms with Crippen molar-refractivity contribution in [1.82, 2.24) is 20.0 Å². The number of benzene rings is 2. The summed E-state index contributed by atoms with van der Waals surface area (Å²) in [4.78, 5) is 28.2. The monoisotopic (exact) mass is 449 g/mol. The molecule has 0 radical (unpaired) electrons. The van der Waals surface area contributed by atoms with Gasteiger partial charge in [0, 0.05) is 24.5 Å². The first-order valence-corrected chi connectivity index (χ1v) is 10.6. The summed E-state index contributed by atoms with van der Waals surface area (Å²) in [6, 6.07) is 15.5. The fourth-order valence-electron chi connectivity index (χ4n) is 3.89. The van der Waals surface area contributed by atoms with Gasteiger partial charge in [0.25, 0.3) is 0 Å². The second kappa shape index (κ2) is 7.49. The average Bonchev–Trinajstić information content (AvgIpc) is 3.43. The van der Waals surface area contributed by atoms with Crippen molar-refractivity contribution in [2.45, 2.75) is 26.3 Å². The lowest BCUT2D eigenvalue weighted by atomic mass is 10.1. The number of halogens is 1. The van der Waals surface area contributed by atoms with Crippen LogP contribution in [0.1, 0.15) is 24.3 Å². The summed E-state index contributed by atoms with van der Waals surface area (Å²) in [6.45, 7) is 2.03. The molecule has 32 heavy (non-hydrogen) atoms. The predicted octanol–water partition coefficient (Wildman–Crippen LogP) is 3.52. The zero-order valence-corrected chi connectivity index (χ0v) is 18.0. The predicted molar refractivity (Wildman–Crippen MR) is 119 cm³/mol. The first-order valence-electron chi connectivity index (χ1n) is 10.2. The number of hydrogen-bond donors (Lipinski definition) is 2. The molecule has 8 nitrogen and oxygen atoms in total. The number of amides is 2. The van der Waals surface area contributed by atoms with Gasteiger partial charge in [-0.1, -0.05) is 47.1 Å². The Morgan fingerprint density at radius 3 is 2.53 bits per heavy atom. The molecule has 0 unspecified atom stereocenters. The van der Waals surface area contributed by atoms with Gasteiger partial charge in [0.2, 0.25) is 23.5 Å². The summed E-state index contributed by atoms with van der Waals surface area (Å²) in [5.41, 5.74) is 7.64. The summed E-state index contributed by atoms with van der Waals surface area (Å²) in [5, 5.41) is 8.30. The molecule has 4 aromatic rings. The van der Waals surface area contributed by atoms with Crippen LogP contribution in [-0.4, -0.2) is 26.5 Å². The average molecular weight is 450 g/mol. The van der Waals surface area contributed by atoms with E-state index in [1.165, 1.54) is 0 Å². The highest BCUT2D eigenvalue weighted by molar-refractivity contribution is 6.38. The van der Waals surface area contributed by atoms with Crippen LogP contribution >= 0.6 is 11.6 Å². The van der Waals surface area contributed by atoms with Crippen LogP contribution in [0, 0.1) is 12.3 Å². The number of aryl methyl sites for hydroxylation is 1. The number of hydrogen-bond acceptors (Lipinski definition) is 5. The molecule has 2 amide bonds. The summed E-state index contributed by atoms with van der Waals surface area (Å²) < 4.78 is 7.16. The van der Waals surface area contributed by atoms with E-state index >= 15 is 0 Å². The van der Waals surface area contributed by atoms with Gasteiger partial charge in [0.15, 0.2) is 0 Å². The third-order valence-corrected chi connectivity index (χ3v) is 6.24. The van der Waals surface area contributed by atoms with Crippen LogP contribution < -0.4 is 11.1 Å². The summed E-state index contributed by atoms with van der Waals surface area (Å²) in [5.74, 6) is -0.0254. The Hall–Kier alpha value is -3.65. The number of rotatable bonds is 6. The number of fused-ring (bicyclic) bond motifs is 1. The van der Waals surface area contributed by atoms with E-state index in [0.29, 0.717) is 41.8 Å². The van der Waals surface area contributed by atoms with Gasteiger partial charge < -0.3 is 20.1 Å². The van der Waals surface area contributed by atoms with Crippen LogP contribution in [-0.2, 0) is 16.1 Å². The number of primary amides is 1. The number of carbonyl (C=O) groups is 2. The minimum atomic E-state index is -1.03. The Bertz CT molecular complexity index is 1350. The maximum absolute atomic E-state index is 12.3. The molecular weight excluding hydrogens is 430 g/mol. The molecule has 1 aliphatic carbocycles. The molecule has 0 spiro atoms. The number of nitrogens with zero attached hydrogens (tertiary/aromatic N) is 3. The maximum atomic E-state index is 12.3. The molecule has 2 heterocycles. The Morgan fingerprint density at radius 1 is 1.19 bits per heavy atom. The fraction of sp³-hybridized carbons (Fsp3) is 0.217. The van der Waals surface area contributed by atoms with Crippen molar-refractivity contribution in [3.8, 4) is 17.2 Å². The van der Waals surface area contributed by atoms with Gasteiger partial charge in [0.05, 0.1) is 10.5 Å². The van der Waals surface area contributed by atoms with E-state index in [1.807, 2.05) is 53.1 Å². The van der Waals surface area contributed by atoms with Gasteiger partial charge >= 0.3 is 0 Å². The largest absolute Gasteiger partial charge is 0.369 e. The quantitative estimate of drug-likeness (QED) is 0.437. The molecule has 0 bridgehead atoms. The van der Waals surface area contributed by atoms with E-state index in [-0.39, 0.29) is 5.91 Å². The molecule has 9 heteroatoms. The SMILES string of the molecule is Cc1nc(-c2c(Cl)c3ccccc3n2-c2ccc(CNC(=O)C3(C(N)=O)CC3)cc2)no1. The van der Waals surface area contributed by atoms with Gasteiger partial charge in [-0.3, -0.25) is 9.59 Å². The van der Waals surface area contributed by atoms with Crippen LogP contribution in [0.15, 0.2) is 53.1 Å². The second-order valence-corrected chi connectivity index (χ2v) is 8.33. The van der Waals surface area contributed by atoms with Crippen LogP contribution in [0.3, 0.4) is 0 Å². The molecule has 1 fully saturated rings. The van der Waals surface area contributed by atoms with Crippen LogP contribution in [0.25, 0.3) is 28.1 Å². The molecule has 2 aromatic carbocycles.